The van der Waals surface area contributed by atoms with Crippen molar-refractivity contribution >= 4 is 23.1 Å². The van der Waals surface area contributed by atoms with Crippen LogP contribution >= 0.6 is 23.1 Å². The van der Waals surface area contributed by atoms with Crippen LogP contribution in [-0.4, -0.2) is 10.2 Å². The van der Waals surface area contributed by atoms with E-state index < -0.39 is 0 Å². The number of hydrogen-bond donors (Lipinski definition) is 0. The molecule has 0 aliphatic carbocycles. The van der Waals surface area contributed by atoms with Crippen molar-refractivity contribution in [3.63, 3.8) is 0 Å². The van der Waals surface area contributed by atoms with Crippen LogP contribution in [-0.2, 0) is 5.75 Å². The molecule has 1 rings (SSSR count). The average Bonchev–Trinajstić information content (AvgIpc) is 2.62. The Bertz CT molecular complexity index is 268. The number of hydrogen-bond acceptors (Lipinski definition) is 3. The summed E-state index contributed by atoms with van der Waals surface area (Å²) in [4.78, 5) is 5.85. The Kier molecular flexibility index (Phi) is 4.96. The number of thioether (sulfide) groups is 1. The Morgan fingerprint density at radius 1 is 1.43 bits per heavy atom. The molecule has 0 spiro atoms. The monoisotopic (exact) mass is 229 g/mol. The molecule has 1 nitrogen and oxygen atoms in total. The van der Waals surface area contributed by atoms with Crippen molar-refractivity contribution < 1.29 is 0 Å². The van der Waals surface area contributed by atoms with Gasteiger partial charge in [0, 0.05) is 22.1 Å². The van der Waals surface area contributed by atoms with Crippen LogP contribution in [0.25, 0.3) is 0 Å². The predicted octanol–water partition coefficient (Wildman–Crippen LogP) is 4.30. The van der Waals surface area contributed by atoms with Crippen molar-refractivity contribution in [3.05, 3.63) is 16.1 Å². The molecule has 80 valence electrons. The molecule has 0 aliphatic heterocycles. The minimum Gasteiger partial charge on any atom is -0.249 e. The highest BCUT2D eigenvalue weighted by molar-refractivity contribution is 7.99. The molecule has 1 aromatic rings. The summed E-state index contributed by atoms with van der Waals surface area (Å²) in [5.41, 5.74) is 0. The molecule has 3 heteroatoms. The van der Waals surface area contributed by atoms with Crippen molar-refractivity contribution in [2.45, 2.75) is 51.0 Å². The van der Waals surface area contributed by atoms with E-state index in [1.165, 1.54) is 16.3 Å². The summed E-state index contributed by atoms with van der Waals surface area (Å²) in [5.74, 6) is 1.70. The summed E-state index contributed by atoms with van der Waals surface area (Å²) in [7, 11) is 0. The number of thiazole rings is 1. The average molecular weight is 229 g/mol. The van der Waals surface area contributed by atoms with Gasteiger partial charge < -0.3 is 0 Å². The summed E-state index contributed by atoms with van der Waals surface area (Å²) < 4.78 is 0. The lowest BCUT2D eigenvalue weighted by Gasteiger charge is -2.05. The summed E-state index contributed by atoms with van der Waals surface area (Å²) >= 11 is 3.86. The highest BCUT2D eigenvalue weighted by Gasteiger charge is 2.06. The Hall–Kier alpha value is -0.0200. The van der Waals surface area contributed by atoms with Gasteiger partial charge in [-0.2, -0.15) is 11.8 Å². The predicted molar refractivity (Wildman–Crippen MR) is 67.3 cm³/mol. The van der Waals surface area contributed by atoms with E-state index in [0.29, 0.717) is 5.92 Å². The quantitative estimate of drug-likeness (QED) is 0.746. The zero-order chi connectivity index (χ0) is 10.6. The summed E-state index contributed by atoms with van der Waals surface area (Å²) in [6.07, 6.45) is 3.27. The van der Waals surface area contributed by atoms with E-state index >= 15 is 0 Å². The Balaban J connectivity index is 2.44. The van der Waals surface area contributed by atoms with Gasteiger partial charge in [-0.25, -0.2) is 4.98 Å². The van der Waals surface area contributed by atoms with Crippen LogP contribution in [0.2, 0.25) is 0 Å². The first-order valence-corrected chi connectivity index (χ1v) is 7.06. The first-order valence-electron chi connectivity index (χ1n) is 5.19. The van der Waals surface area contributed by atoms with Gasteiger partial charge in [0.2, 0.25) is 0 Å². The Morgan fingerprint density at radius 2 is 2.14 bits per heavy atom. The third-order valence-electron chi connectivity index (χ3n) is 2.21. The lowest BCUT2D eigenvalue weighted by atomic mass is 10.2. The molecule has 0 N–H and O–H groups in total. The summed E-state index contributed by atoms with van der Waals surface area (Å²) in [6, 6.07) is 0. The van der Waals surface area contributed by atoms with Crippen molar-refractivity contribution in [2.24, 2.45) is 0 Å². The zero-order valence-electron chi connectivity index (χ0n) is 9.41. The molecule has 0 saturated carbocycles. The molecule has 0 saturated heterocycles. The van der Waals surface area contributed by atoms with Crippen LogP contribution in [0, 0.1) is 0 Å². The fourth-order valence-electron chi connectivity index (χ4n) is 0.989. The number of nitrogens with zero attached hydrogens (tertiary/aromatic N) is 1. The molecule has 14 heavy (non-hydrogen) atoms. The highest BCUT2D eigenvalue weighted by Crippen LogP contribution is 2.26. The summed E-state index contributed by atoms with van der Waals surface area (Å²) in [5, 5.41) is 2.03. The second-order valence-electron chi connectivity index (χ2n) is 3.84. The standard InChI is InChI=1S/C11H19NS2/c1-5-9(4)13-7-11-12-6-10(14-11)8(2)3/h6,8-9H,5,7H2,1-4H3. The van der Waals surface area contributed by atoms with Gasteiger partial charge in [0.15, 0.2) is 0 Å². The molecule has 0 aromatic carbocycles. The van der Waals surface area contributed by atoms with E-state index in [0.717, 1.165) is 11.0 Å². The van der Waals surface area contributed by atoms with Gasteiger partial charge in [0.1, 0.15) is 5.01 Å². The van der Waals surface area contributed by atoms with E-state index in [1.807, 2.05) is 29.3 Å². The fourth-order valence-corrected chi connectivity index (χ4v) is 2.89. The van der Waals surface area contributed by atoms with Crippen molar-refractivity contribution in [1.82, 2.24) is 4.98 Å². The molecular weight excluding hydrogens is 210 g/mol. The van der Waals surface area contributed by atoms with Gasteiger partial charge in [-0.05, 0) is 12.3 Å². The van der Waals surface area contributed by atoms with Crippen LogP contribution in [0.15, 0.2) is 6.20 Å². The van der Waals surface area contributed by atoms with Gasteiger partial charge >= 0.3 is 0 Å². The van der Waals surface area contributed by atoms with Crippen LogP contribution in [0.3, 0.4) is 0 Å². The number of rotatable bonds is 5. The second-order valence-corrected chi connectivity index (χ2v) is 6.41. The molecule has 1 heterocycles. The normalized spacial score (nSPS) is 13.5. The van der Waals surface area contributed by atoms with Crippen molar-refractivity contribution in [1.29, 1.82) is 0 Å². The molecule has 0 aliphatic rings. The maximum Gasteiger partial charge on any atom is 0.103 e. The SMILES string of the molecule is CCC(C)SCc1ncc(C(C)C)s1. The largest absolute Gasteiger partial charge is 0.249 e. The molecule has 1 atom stereocenters. The van der Waals surface area contributed by atoms with Crippen LogP contribution < -0.4 is 0 Å². The third-order valence-corrected chi connectivity index (χ3v) is 5.03. The summed E-state index contributed by atoms with van der Waals surface area (Å²) in [6.45, 7) is 8.96. The topological polar surface area (TPSA) is 12.9 Å². The number of aromatic nitrogens is 1. The first-order chi connectivity index (χ1) is 6.63. The lowest BCUT2D eigenvalue weighted by Crippen LogP contribution is -1.92. The molecular formula is C11H19NS2. The molecule has 0 bridgehead atoms. The van der Waals surface area contributed by atoms with Gasteiger partial charge in [-0.3, -0.25) is 0 Å². The minimum atomic E-state index is 0.620. The van der Waals surface area contributed by atoms with E-state index in [2.05, 4.69) is 32.7 Å². The fraction of sp³-hybridized carbons (Fsp3) is 0.727. The lowest BCUT2D eigenvalue weighted by molar-refractivity contribution is 0.885. The van der Waals surface area contributed by atoms with Gasteiger partial charge in [-0.1, -0.05) is 27.7 Å². The molecule has 0 fully saturated rings. The van der Waals surface area contributed by atoms with E-state index in [4.69, 9.17) is 0 Å². The Morgan fingerprint density at radius 3 is 2.64 bits per heavy atom. The van der Waals surface area contributed by atoms with Gasteiger partial charge in [-0.15, -0.1) is 11.3 Å². The van der Waals surface area contributed by atoms with Crippen molar-refractivity contribution in [3.8, 4) is 0 Å². The molecule has 0 radical (unpaired) electrons. The van der Waals surface area contributed by atoms with Crippen LogP contribution in [0.4, 0.5) is 0 Å². The van der Waals surface area contributed by atoms with Crippen LogP contribution in [0.5, 0.6) is 0 Å². The zero-order valence-corrected chi connectivity index (χ0v) is 11.0. The second kappa shape index (κ2) is 5.76. The van der Waals surface area contributed by atoms with E-state index in [9.17, 15) is 0 Å². The molecule has 1 unspecified atom stereocenters. The third kappa shape index (κ3) is 3.62. The van der Waals surface area contributed by atoms with Gasteiger partial charge in [0.25, 0.3) is 0 Å². The van der Waals surface area contributed by atoms with E-state index in [1.54, 1.807) is 0 Å². The maximum atomic E-state index is 4.44. The Labute approximate surface area is 95.3 Å². The highest BCUT2D eigenvalue weighted by atomic mass is 32.2. The minimum absolute atomic E-state index is 0.620. The molecule has 1 aromatic heterocycles. The molecule has 0 amide bonds. The van der Waals surface area contributed by atoms with Crippen LogP contribution in [0.1, 0.15) is 49.9 Å². The van der Waals surface area contributed by atoms with Gasteiger partial charge in [0.05, 0.1) is 0 Å². The maximum absolute atomic E-state index is 4.44. The first kappa shape index (κ1) is 12.1. The van der Waals surface area contributed by atoms with Crippen molar-refractivity contribution in [2.75, 3.05) is 0 Å². The van der Waals surface area contributed by atoms with E-state index in [-0.39, 0.29) is 0 Å². The smallest absolute Gasteiger partial charge is 0.103 e.